The van der Waals surface area contributed by atoms with Crippen molar-refractivity contribution < 1.29 is 23.4 Å². The molecule has 1 aromatic carbocycles. The molecule has 0 aromatic heterocycles. The fraction of sp³-hybridized carbons (Fsp3) is 0.500. The number of halogens is 3. The Hall–Kier alpha value is -1.40. The highest BCUT2D eigenvalue weighted by Crippen LogP contribution is 2.28. The summed E-state index contributed by atoms with van der Waals surface area (Å²) in [5.41, 5.74) is 0.840. The van der Waals surface area contributed by atoms with E-state index in [-0.39, 0.29) is 16.7 Å². The minimum atomic E-state index is -2.91. The first-order valence-corrected chi connectivity index (χ1v) is 7.02. The molecule has 1 saturated heterocycles. The summed E-state index contributed by atoms with van der Waals surface area (Å²) < 4.78 is 28.6. The van der Waals surface area contributed by atoms with Crippen molar-refractivity contribution in [1.29, 1.82) is 0 Å². The molecule has 21 heavy (non-hydrogen) atoms. The van der Waals surface area contributed by atoms with Crippen molar-refractivity contribution in [3.05, 3.63) is 28.8 Å². The van der Waals surface area contributed by atoms with Crippen molar-refractivity contribution in [2.24, 2.45) is 5.92 Å². The lowest BCUT2D eigenvalue weighted by Crippen LogP contribution is -2.38. The number of benzene rings is 1. The Morgan fingerprint density at radius 3 is 2.90 bits per heavy atom. The van der Waals surface area contributed by atoms with E-state index in [2.05, 4.69) is 4.74 Å². The second-order valence-electron chi connectivity index (χ2n) is 5.06. The zero-order valence-electron chi connectivity index (χ0n) is 11.3. The zero-order valence-corrected chi connectivity index (χ0v) is 12.0. The van der Waals surface area contributed by atoms with Crippen LogP contribution in [0.2, 0.25) is 5.02 Å². The number of ether oxygens (including phenoxy) is 1. The lowest BCUT2D eigenvalue weighted by atomic mass is 9.98. The van der Waals surface area contributed by atoms with Crippen LogP contribution in [0.3, 0.4) is 0 Å². The van der Waals surface area contributed by atoms with Crippen molar-refractivity contribution >= 4 is 17.6 Å². The molecule has 0 radical (unpaired) electrons. The summed E-state index contributed by atoms with van der Waals surface area (Å²) in [5, 5.41) is 9.18. The van der Waals surface area contributed by atoms with Crippen molar-refractivity contribution in [3.63, 3.8) is 0 Å². The molecule has 116 valence electrons. The van der Waals surface area contributed by atoms with Crippen LogP contribution < -0.4 is 4.74 Å². The number of carboxylic acid groups (broad SMARTS) is 1. The largest absolute Gasteiger partial charge is 0.481 e. The van der Waals surface area contributed by atoms with Gasteiger partial charge in [0.1, 0.15) is 5.75 Å². The van der Waals surface area contributed by atoms with Crippen LogP contribution in [0.15, 0.2) is 18.2 Å². The number of likely N-dealkylation sites (tertiary alicyclic amines) is 1. The van der Waals surface area contributed by atoms with Gasteiger partial charge in [0.15, 0.2) is 0 Å². The van der Waals surface area contributed by atoms with E-state index in [1.54, 1.807) is 12.1 Å². The summed E-state index contributed by atoms with van der Waals surface area (Å²) in [6.45, 7) is -1.07. The van der Waals surface area contributed by atoms with Gasteiger partial charge in [0.25, 0.3) is 0 Å². The van der Waals surface area contributed by atoms with Crippen molar-refractivity contribution in [2.45, 2.75) is 26.0 Å². The normalized spacial score (nSPS) is 19.7. The summed E-state index contributed by atoms with van der Waals surface area (Å²) in [7, 11) is 0. The summed E-state index contributed by atoms with van der Waals surface area (Å²) in [4.78, 5) is 13.0. The fourth-order valence-electron chi connectivity index (χ4n) is 2.49. The molecule has 1 aliphatic rings. The predicted octanol–water partition coefficient (Wildman–Crippen LogP) is 3.24. The van der Waals surface area contributed by atoms with Gasteiger partial charge in [0, 0.05) is 13.1 Å². The second kappa shape index (κ2) is 7.04. The first kappa shape index (κ1) is 16.0. The molecule has 2 rings (SSSR count). The van der Waals surface area contributed by atoms with Crippen LogP contribution in [0.1, 0.15) is 18.4 Å². The molecule has 4 nitrogen and oxygen atoms in total. The summed E-state index contributed by atoms with van der Waals surface area (Å²) in [6.07, 6.45) is 1.52. The maximum atomic E-state index is 12.1. The Bertz CT molecular complexity index is 513. The van der Waals surface area contributed by atoms with E-state index in [1.807, 2.05) is 4.90 Å². The van der Waals surface area contributed by atoms with Gasteiger partial charge in [-0.25, -0.2) is 0 Å². The van der Waals surface area contributed by atoms with E-state index in [0.29, 0.717) is 19.5 Å². The van der Waals surface area contributed by atoms with Gasteiger partial charge in [-0.1, -0.05) is 17.7 Å². The van der Waals surface area contributed by atoms with E-state index in [4.69, 9.17) is 16.7 Å². The molecule has 1 aliphatic heterocycles. The van der Waals surface area contributed by atoms with Gasteiger partial charge in [-0.05, 0) is 37.1 Å². The van der Waals surface area contributed by atoms with E-state index in [0.717, 1.165) is 18.5 Å². The molecule has 1 N–H and O–H groups in total. The van der Waals surface area contributed by atoms with Crippen LogP contribution in [-0.2, 0) is 11.3 Å². The van der Waals surface area contributed by atoms with Gasteiger partial charge in [0.2, 0.25) is 0 Å². The van der Waals surface area contributed by atoms with Crippen molar-refractivity contribution in [1.82, 2.24) is 4.90 Å². The van der Waals surface area contributed by atoms with Crippen molar-refractivity contribution in [3.8, 4) is 5.75 Å². The molecule has 1 unspecified atom stereocenters. The summed E-state index contributed by atoms with van der Waals surface area (Å²) in [5.74, 6) is -1.19. The molecule has 0 aliphatic carbocycles. The zero-order chi connectivity index (χ0) is 15.4. The Morgan fingerprint density at radius 2 is 2.29 bits per heavy atom. The predicted molar refractivity (Wildman–Crippen MR) is 73.7 cm³/mol. The monoisotopic (exact) mass is 319 g/mol. The molecule has 1 fully saturated rings. The quantitative estimate of drug-likeness (QED) is 0.905. The van der Waals surface area contributed by atoms with Crippen LogP contribution in [0.4, 0.5) is 8.78 Å². The molecule has 7 heteroatoms. The molecule has 0 spiro atoms. The van der Waals surface area contributed by atoms with Crippen molar-refractivity contribution in [2.75, 3.05) is 13.1 Å². The van der Waals surface area contributed by atoms with E-state index in [1.165, 1.54) is 6.07 Å². The smallest absolute Gasteiger partial charge is 0.387 e. The summed E-state index contributed by atoms with van der Waals surface area (Å²) >= 11 is 5.90. The molecule has 0 amide bonds. The first-order valence-electron chi connectivity index (χ1n) is 6.64. The van der Waals surface area contributed by atoms with Gasteiger partial charge in [-0.15, -0.1) is 0 Å². The van der Waals surface area contributed by atoms with E-state index < -0.39 is 12.6 Å². The number of hydrogen-bond donors (Lipinski definition) is 1. The number of nitrogens with zero attached hydrogens (tertiary/aromatic N) is 1. The Labute approximate surface area is 126 Å². The van der Waals surface area contributed by atoms with Gasteiger partial charge < -0.3 is 9.84 Å². The molecule has 0 bridgehead atoms. The maximum absolute atomic E-state index is 12.1. The van der Waals surface area contributed by atoms with Gasteiger partial charge in [-0.2, -0.15) is 8.78 Å². The number of hydrogen-bond acceptors (Lipinski definition) is 3. The fourth-order valence-corrected chi connectivity index (χ4v) is 2.74. The highest BCUT2D eigenvalue weighted by Gasteiger charge is 2.25. The van der Waals surface area contributed by atoms with Crippen LogP contribution in [0.25, 0.3) is 0 Å². The van der Waals surface area contributed by atoms with Crippen LogP contribution in [0, 0.1) is 5.92 Å². The van der Waals surface area contributed by atoms with Gasteiger partial charge in [0.05, 0.1) is 10.9 Å². The third-order valence-corrected chi connectivity index (χ3v) is 3.77. The van der Waals surface area contributed by atoms with Crippen LogP contribution in [0.5, 0.6) is 5.75 Å². The number of carboxylic acids is 1. The minimum Gasteiger partial charge on any atom is -0.481 e. The topological polar surface area (TPSA) is 49.8 Å². The third-order valence-electron chi connectivity index (χ3n) is 3.47. The molecular formula is C14H16ClF2NO3. The van der Waals surface area contributed by atoms with Gasteiger partial charge >= 0.3 is 12.6 Å². The SMILES string of the molecule is O=C(O)C1CCCN(Cc2ccc(OC(F)F)c(Cl)c2)C1. The number of carbonyl (C=O) groups is 1. The average Bonchev–Trinajstić information content (AvgIpc) is 2.42. The Balaban J connectivity index is 1.99. The number of aliphatic carboxylic acids is 1. The van der Waals surface area contributed by atoms with Gasteiger partial charge in [-0.3, -0.25) is 9.69 Å². The molecule has 1 heterocycles. The Kier molecular flexibility index (Phi) is 5.36. The molecule has 0 saturated carbocycles. The number of alkyl halides is 2. The average molecular weight is 320 g/mol. The lowest BCUT2D eigenvalue weighted by molar-refractivity contribution is -0.143. The lowest BCUT2D eigenvalue weighted by Gasteiger charge is -2.30. The molecule has 1 aromatic rings. The highest BCUT2D eigenvalue weighted by molar-refractivity contribution is 6.32. The number of piperidine rings is 1. The maximum Gasteiger partial charge on any atom is 0.387 e. The third kappa shape index (κ3) is 4.54. The van der Waals surface area contributed by atoms with E-state index in [9.17, 15) is 13.6 Å². The minimum absolute atomic E-state index is 0.0579. The summed E-state index contributed by atoms with van der Waals surface area (Å²) in [6, 6.07) is 4.64. The van der Waals surface area contributed by atoms with Crippen LogP contribution >= 0.6 is 11.6 Å². The molecular weight excluding hydrogens is 304 g/mol. The Morgan fingerprint density at radius 1 is 1.52 bits per heavy atom. The van der Waals surface area contributed by atoms with Crippen LogP contribution in [-0.4, -0.2) is 35.7 Å². The molecule has 1 atom stereocenters. The first-order chi connectivity index (χ1) is 9.95. The second-order valence-corrected chi connectivity index (χ2v) is 5.46. The standard InChI is InChI=1S/C14H16ClF2NO3/c15-11-6-9(3-4-12(11)21-14(16)17)7-18-5-1-2-10(8-18)13(19)20/h3-4,6,10,14H,1-2,5,7-8H2,(H,19,20). The van der Waals surface area contributed by atoms with E-state index >= 15 is 0 Å². The number of rotatable bonds is 5. The highest BCUT2D eigenvalue weighted by atomic mass is 35.5.